The Bertz CT molecular complexity index is 1210. The van der Waals surface area contributed by atoms with Crippen LogP contribution in [0.3, 0.4) is 0 Å². The van der Waals surface area contributed by atoms with E-state index in [2.05, 4.69) is 15.2 Å². The summed E-state index contributed by atoms with van der Waals surface area (Å²) in [6.07, 6.45) is 5.83. The first-order valence-corrected chi connectivity index (χ1v) is 8.97. The van der Waals surface area contributed by atoms with Crippen LogP contribution in [0.25, 0.3) is 28.0 Å². The average Bonchev–Trinajstić information content (AvgIpc) is 3.37. The lowest BCUT2D eigenvalue weighted by Gasteiger charge is -2.12. The fourth-order valence-corrected chi connectivity index (χ4v) is 3.50. The third-order valence-electron chi connectivity index (χ3n) is 4.89. The van der Waals surface area contributed by atoms with Gasteiger partial charge >= 0.3 is 0 Å². The number of ether oxygens (including phenoxy) is 1. The fraction of sp³-hybridized carbons (Fsp3) is 0.200. The maximum atomic E-state index is 13.4. The van der Waals surface area contributed by atoms with Crippen LogP contribution in [-0.4, -0.2) is 37.6 Å². The number of hydrogen-bond donors (Lipinski definition) is 0. The first-order valence-electron chi connectivity index (χ1n) is 8.97. The van der Waals surface area contributed by atoms with E-state index in [1.165, 1.54) is 22.9 Å². The molecule has 0 bridgehead atoms. The highest BCUT2D eigenvalue weighted by Crippen LogP contribution is 2.33. The Kier molecular flexibility index (Phi) is 3.98. The number of hydrogen-bond acceptors (Lipinski definition) is 5. The third-order valence-corrected chi connectivity index (χ3v) is 4.89. The SMILES string of the molecule is O=c1ccc(-c2c(-c3ccc(F)cc3)nn3ccncc23)nn1C1CCOC1. The van der Waals surface area contributed by atoms with Gasteiger partial charge in [-0.05, 0) is 36.8 Å². The average molecular weight is 377 g/mol. The van der Waals surface area contributed by atoms with Crippen molar-refractivity contribution in [3.8, 4) is 22.5 Å². The van der Waals surface area contributed by atoms with Gasteiger partial charge in [-0.25, -0.2) is 13.6 Å². The lowest BCUT2D eigenvalue weighted by molar-refractivity contribution is 0.183. The number of nitrogens with zero attached hydrogens (tertiary/aromatic N) is 5. The standard InChI is InChI=1S/C20H16FN5O2/c21-14-3-1-13(2-4-14)20-19(17-11-22-8-9-25(17)24-20)16-5-6-18(27)26(23-16)15-7-10-28-12-15/h1-6,8-9,11,15H,7,10,12H2. The van der Waals surface area contributed by atoms with Crippen molar-refractivity contribution in [3.63, 3.8) is 0 Å². The predicted octanol–water partition coefficient (Wildman–Crippen LogP) is 2.72. The lowest BCUT2D eigenvalue weighted by atomic mass is 10.0. The molecule has 1 aromatic carbocycles. The summed E-state index contributed by atoms with van der Waals surface area (Å²) >= 11 is 0. The number of benzene rings is 1. The van der Waals surface area contributed by atoms with Crippen LogP contribution in [-0.2, 0) is 4.74 Å². The smallest absolute Gasteiger partial charge is 0.267 e. The summed E-state index contributed by atoms with van der Waals surface area (Å²) in [5, 5.41) is 9.26. The second-order valence-corrected chi connectivity index (χ2v) is 6.66. The zero-order valence-corrected chi connectivity index (χ0v) is 14.8. The molecule has 1 aliphatic heterocycles. The number of halogens is 1. The van der Waals surface area contributed by atoms with Gasteiger partial charge in [0, 0.05) is 30.6 Å². The molecule has 7 nitrogen and oxygen atoms in total. The summed E-state index contributed by atoms with van der Waals surface area (Å²) in [7, 11) is 0. The normalized spacial score (nSPS) is 16.7. The van der Waals surface area contributed by atoms with Crippen molar-refractivity contribution in [2.45, 2.75) is 12.5 Å². The largest absolute Gasteiger partial charge is 0.379 e. The maximum Gasteiger partial charge on any atom is 0.267 e. The lowest BCUT2D eigenvalue weighted by Crippen LogP contribution is -2.27. The van der Waals surface area contributed by atoms with Crippen molar-refractivity contribution < 1.29 is 9.13 Å². The van der Waals surface area contributed by atoms with E-state index in [1.807, 2.05) is 0 Å². The first kappa shape index (κ1) is 16.8. The van der Waals surface area contributed by atoms with Gasteiger partial charge in [0.15, 0.2) is 0 Å². The van der Waals surface area contributed by atoms with Gasteiger partial charge in [0.1, 0.15) is 11.5 Å². The monoisotopic (exact) mass is 377 g/mol. The topological polar surface area (TPSA) is 74.3 Å². The Balaban J connectivity index is 1.74. The molecule has 0 amide bonds. The molecule has 0 saturated carbocycles. The molecule has 5 rings (SSSR count). The fourth-order valence-electron chi connectivity index (χ4n) is 3.50. The molecule has 0 radical (unpaired) electrons. The minimum atomic E-state index is -0.316. The summed E-state index contributed by atoms with van der Waals surface area (Å²) in [4.78, 5) is 16.6. The zero-order chi connectivity index (χ0) is 19.1. The Morgan fingerprint density at radius 2 is 1.96 bits per heavy atom. The molecule has 8 heteroatoms. The van der Waals surface area contributed by atoms with Crippen LogP contribution in [0.1, 0.15) is 12.5 Å². The molecule has 0 spiro atoms. The summed E-state index contributed by atoms with van der Waals surface area (Å²) in [6.45, 7) is 1.09. The van der Waals surface area contributed by atoms with E-state index in [0.29, 0.717) is 24.6 Å². The second kappa shape index (κ2) is 6.65. The van der Waals surface area contributed by atoms with Crippen LogP contribution in [0.5, 0.6) is 0 Å². The van der Waals surface area contributed by atoms with Gasteiger partial charge in [0.05, 0.1) is 35.6 Å². The molecule has 4 heterocycles. The molecule has 4 aromatic rings. The molecule has 1 atom stereocenters. The highest BCUT2D eigenvalue weighted by molar-refractivity contribution is 5.90. The van der Waals surface area contributed by atoms with Gasteiger partial charge in [-0.3, -0.25) is 9.78 Å². The van der Waals surface area contributed by atoms with Crippen LogP contribution >= 0.6 is 0 Å². The Morgan fingerprint density at radius 1 is 1.11 bits per heavy atom. The minimum Gasteiger partial charge on any atom is -0.379 e. The summed E-state index contributed by atoms with van der Waals surface area (Å²) in [5.41, 5.74) is 3.33. The summed E-state index contributed by atoms with van der Waals surface area (Å²) in [5.74, 6) is -0.316. The van der Waals surface area contributed by atoms with Crippen molar-refractivity contribution in [1.82, 2.24) is 24.4 Å². The summed E-state index contributed by atoms with van der Waals surface area (Å²) in [6, 6.07) is 9.25. The molecular weight excluding hydrogens is 361 g/mol. The minimum absolute atomic E-state index is 0.0818. The van der Waals surface area contributed by atoms with E-state index in [9.17, 15) is 9.18 Å². The molecule has 0 aliphatic carbocycles. The van der Waals surface area contributed by atoms with Crippen molar-refractivity contribution in [3.05, 3.63) is 71.2 Å². The van der Waals surface area contributed by atoms with Crippen molar-refractivity contribution in [2.24, 2.45) is 0 Å². The van der Waals surface area contributed by atoms with Gasteiger partial charge in [0.2, 0.25) is 0 Å². The Morgan fingerprint density at radius 3 is 2.75 bits per heavy atom. The van der Waals surface area contributed by atoms with E-state index in [4.69, 9.17) is 4.74 Å². The first-order chi connectivity index (χ1) is 13.7. The molecular formula is C20H16FN5O2. The van der Waals surface area contributed by atoms with Crippen LogP contribution in [0, 0.1) is 5.82 Å². The molecule has 1 unspecified atom stereocenters. The van der Waals surface area contributed by atoms with Crippen LogP contribution < -0.4 is 5.56 Å². The van der Waals surface area contributed by atoms with Crippen LogP contribution in [0.15, 0.2) is 59.8 Å². The molecule has 140 valence electrons. The number of fused-ring (bicyclic) bond motifs is 1. The molecule has 3 aromatic heterocycles. The molecule has 1 fully saturated rings. The Hall–Kier alpha value is -3.39. The van der Waals surface area contributed by atoms with Gasteiger partial charge in [-0.1, -0.05) is 0 Å². The van der Waals surface area contributed by atoms with E-state index >= 15 is 0 Å². The van der Waals surface area contributed by atoms with E-state index < -0.39 is 0 Å². The quantitative estimate of drug-likeness (QED) is 0.549. The van der Waals surface area contributed by atoms with Gasteiger partial charge < -0.3 is 4.74 Å². The van der Waals surface area contributed by atoms with Gasteiger partial charge in [-0.15, -0.1) is 0 Å². The van der Waals surface area contributed by atoms with Crippen molar-refractivity contribution >= 4 is 5.52 Å². The maximum absolute atomic E-state index is 13.4. The van der Waals surface area contributed by atoms with E-state index in [-0.39, 0.29) is 17.4 Å². The molecule has 1 aliphatic rings. The van der Waals surface area contributed by atoms with Gasteiger partial charge in [0.25, 0.3) is 5.56 Å². The molecule has 28 heavy (non-hydrogen) atoms. The summed E-state index contributed by atoms with van der Waals surface area (Å²) < 4.78 is 22.0. The third kappa shape index (κ3) is 2.78. The highest BCUT2D eigenvalue weighted by atomic mass is 19.1. The van der Waals surface area contributed by atoms with Gasteiger partial charge in [-0.2, -0.15) is 10.2 Å². The van der Waals surface area contributed by atoms with Crippen LogP contribution in [0.2, 0.25) is 0 Å². The molecule has 0 N–H and O–H groups in total. The predicted molar refractivity (Wildman–Crippen MR) is 100 cm³/mol. The number of rotatable bonds is 3. The highest BCUT2D eigenvalue weighted by Gasteiger charge is 2.23. The van der Waals surface area contributed by atoms with Crippen molar-refractivity contribution in [2.75, 3.05) is 13.2 Å². The second-order valence-electron chi connectivity index (χ2n) is 6.66. The van der Waals surface area contributed by atoms with Crippen molar-refractivity contribution in [1.29, 1.82) is 0 Å². The van der Waals surface area contributed by atoms with Crippen LogP contribution in [0.4, 0.5) is 4.39 Å². The number of aromatic nitrogens is 5. The Labute approximate surface area is 159 Å². The van der Waals surface area contributed by atoms with E-state index in [1.54, 1.807) is 41.3 Å². The zero-order valence-electron chi connectivity index (χ0n) is 14.8. The van der Waals surface area contributed by atoms with E-state index in [0.717, 1.165) is 23.1 Å². The molecule has 1 saturated heterocycles.